The third-order valence-corrected chi connectivity index (χ3v) is 2.72. The second kappa shape index (κ2) is 7.17. The molecule has 0 aliphatic heterocycles. The van der Waals surface area contributed by atoms with Gasteiger partial charge in [0.2, 0.25) is 0 Å². The Balaban J connectivity index is 2.81. The van der Waals surface area contributed by atoms with E-state index in [1.807, 2.05) is 25.1 Å². The van der Waals surface area contributed by atoms with Crippen molar-refractivity contribution in [3.8, 4) is 11.5 Å². The van der Waals surface area contributed by atoms with E-state index in [9.17, 15) is 4.79 Å². The molecule has 0 saturated heterocycles. The molecule has 0 saturated carbocycles. The summed E-state index contributed by atoms with van der Waals surface area (Å²) >= 11 is 5.58. The first-order chi connectivity index (χ1) is 8.22. The molecule has 0 aliphatic rings. The van der Waals surface area contributed by atoms with Crippen LogP contribution in [-0.4, -0.2) is 25.9 Å². The average Bonchev–Trinajstić information content (AvgIpc) is 2.38. The number of carbonyl (C=O) groups excluding carboxylic acids is 1. The van der Waals surface area contributed by atoms with E-state index >= 15 is 0 Å². The molecule has 0 aromatic heterocycles. The Kier molecular flexibility index (Phi) is 5.84. The van der Waals surface area contributed by atoms with Gasteiger partial charge in [0.25, 0.3) is 0 Å². The molecule has 0 N–H and O–H groups in total. The minimum Gasteiger partial charge on any atom is -0.493 e. The molecule has 0 amide bonds. The summed E-state index contributed by atoms with van der Waals surface area (Å²) in [6.07, 6.45) is 1.69. The number of carbonyl (C=O) groups is 1. The smallest absolute Gasteiger partial charge is 0.161 e. The summed E-state index contributed by atoms with van der Waals surface area (Å²) in [4.78, 5) is 10.7. The molecule has 0 radical (unpaired) electrons. The molecule has 0 heterocycles. The lowest BCUT2D eigenvalue weighted by Crippen LogP contribution is -2.01. The van der Waals surface area contributed by atoms with Gasteiger partial charge in [0.05, 0.1) is 13.7 Å². The number of hydrogen-bond acceptors (Lipinski definition) is 3. The van der Waals surface area contributed by atoms with Crippen LogP contribution < -0.4 is 9.47 Å². The maximum Gasteiger partial charge on any atom is 0.161 e. The van der Waals surface area contributed by atoms with Gasteiger partial charge in [-0.05, 0) is 24.1 Å². The van der Waals surface area contributed by atoms with Gasteiger partial charge in [-0.15, -0.1) is 11.6 Å². The molecule has 1 unspecified atom stereocenters. The Labute approximate surface area is 107 Å². The highest BCUT2D eigenvalue weighted by molar-refractivity contribution is 6.17. The van der Waals surface area contributed by atoms with Crippen molar-refractivity contribution >= 4 is 17.9 Å². The molecule has 3 nitrogen and oxygen atoms in total. The van der Waals surface area contributed by atoms with Gasteiger partial charge in [0.15, 0.2) is 11.5 Å². The van der Waals surface area contributed by atoms with Gasteiger partial charge in [-0.3, -0.25) is 0 Å². The quantitative estimate of drug-likeness (QED) is 0.427. The van der Waals surface area contributed by atoms with Crippen molar-refractivity contribution in [2.45, 2.75) is 19.3 Å². The topological polar surface area (TPSA) is 35.5 Å². The van der Waals surface area contributed by atoms with Crippen LogP contribution in [0, 0.1) is 0 Å². The predicted molar refractivity (Wildman–Crippen MR) is 68.3 cm³/mol. The van der Waals surface area contributed by atoms with Gasteiger partial charge in [-0.2, -0.15) is 0 Å². The fraction of sp³-hybridized carbons (Fsp3) is 0.462. The van der Waals surface area contributed by atoms with E-state index in [0.717, 1.165) is 18.3 Å². The highest BCUT2D eigenvalue weighted by Crippen LogP contribution is 2.30. The molecule has 4 heteroatoms. The third kappa shape index (κ3) is 3.93. The first kappa shape index (κ1) is 13.8. The molecule has 0 bridgehead atoms. The fourth-order valence-electron chi connectivity index (χ4n) is 1.40. The zero-order valence-corrected chi connectivity index (χ0v) is 10.9. The minimum absolute atomic E-state index is 0.138. The molecule has 0 aliphatic carbocycles. The maximum atomic E-state index is 10.7. The number of benzene rings is 1. The Morgan fingerprint density at radius 2 is 2.18 bits per heavy atom. The first-order valence-electron chi connectivity index (χ1n) is 5.55. The van der Waals surface area contributed by atoms with Crippen LogP contribution in [0.1, 0.15) is 24.8 Å². The number of halogens is 1. The van der Waals surface area contributed by atoms with Gasteiger partial charge in [0.1, 0.15) is 6.29 Å². The van der Waals surface area contributed by atoms with Crippen molar-refractivity contribution in [3.63, 3.8) is 0 Å². The molecule has 94 valence electrons. The number of alkyl halides is 1. The Hall–Kier alpha value is -1.22. The van der Waals surface area contributed by atoms with Gasteiger partial charge in [0, 0.05) is 11.8 Å². The van der Waals surface area contributed by atoms with E-state index in [1.165, 1.54) is 0 Å². The molecule has 0 spiro atoms. The number of methoxy groups -OCH3 is 1. The third-order valence-electron chi connectivity index (χ3n) is 2.45. The summed E-state index contributed by atoms with van der Waals surface area (Å²) in [5.74, 6) is 1.76. The molecular weight excluding hydrogens is 240 g/mol. The zero-order chi connectivity index (χ0) is 12.7. The van der Waals surface area contributed by atoms with Crippen LogP contribution >= 0.6 is 11.6 Å². The maximum absolute atomic E-state index is 10.7. The van der Waals surface area contributed by atoms with Gasteiger partial charge >= 0.3 is 0 Å². The average molecular weight is 257 g/mol. The highest BCUT2D eigenvalue weighted by atomic mass is 35.5. The predicted octanol–water partition coefficient (Wildman–Crippen LogP) is 3.01. The van der Waals surface area contributed by atoms with Crippen LogP contribution in [0.25, 0.3) is 0 Å². The summed E-state index contributed by atoms with van der Waals surface area (Å²) in [6, 6.07) is 5.52. The number of ether oxygens (including phenoxy) is 2. The lowest BCUT2D eigenvalue weighted by Gasteiger charge is -2.12. The van der Waals surface area contributed by atoms with Gasteiger partial charge in [-0.25, -0.2) is 0 Å². The Morgan fingerprint density at radius 1 is 1.41 bits per heavy atom. The molecular formula is C13H17ClO3. The second-order valence-electron chi connectivity index (χ2n) is 3.73. The van der Waals surface area contributed by atoms with E-state index < -0.39 is 0 Å². The molecule has 0 fully saturated rings. The van der Waals surface area contributed by atoms with Crippen LogP contribution in [0.3, 0.4) is 0 Å². The van der Waals surface area contributed by atoms with Crippen molar-refractivity contribution < 1.29 is 14.3 Å². The van der Waals surface area contributed by atoms with Gasteiger partial charge in [-0.1, -0.05) is 13.0 Å². The summed E-state index contributed by atoms with van der Waals surface area (Å²) in [5, 5.41) is 0. The highest BCUT2D eigenvalue weighted by Gasteiger charge is 2.09. The van der Waals surface area contributed by atoms with E-state index in [1.54, 1.807) is 7.11 Å². The lowest BCUT2D eigenvalue weighted by atomic mass is 10.0. The van der Waals surface area contributed by atoms with E-state index in [0.29, 0.717) is 24.0 Å². The van der Waals surface area contributed by atoms with Crippen LogP contribution in [0.5, 0.6) is 11.5 Å². The largest absolute Gasteiger partial charge is 0.493 e. The molecule has 1 aromatic rings. The molecule has 1 rings (SSSR count). The zero-order valence-electron chi connectivity index (χ0n) is 10.1. The number of rotatable bonds is 7. The van der Waals surface area contributed by atoms with Crippen LogP contribution in [0.15, 0.2) is 18.2 Å². The standard InChI is InChI=1S/C13H17ClO3/c1-10(9-15)11-4-5-12(13(8-11)16-2)17-7-3-6-14/h4-5,8-10H,3,6-7H2,1-2H3. The van der Waals surface area contributed by atoms with Crippen LogP contribution in [-0.2, 0) is 4.79 Å². The van der Waals surface area contributed by atoms with E-state index in [-0.39, 0.29) is 5.92 Å². The Morgan fingerprint density at radius 3 is 2.76 bits per heavy atom. The van der Waals surface area contributed by atoms with Crippen molar-refractivity contribution in [2.24, 2.45) is 0 Å². The number of aldehydes is 1. The lowest BCUT2D eigenvalue weighted by molar-refractivity contribution is -0.108. The normalized spacial score (nSPS) is 11.9. The van der Waals surface area contributed by atoms with Crippen LogP contribution in [0.2, 0.25) is 0 Å². The van der Waals surface area contributed by atoms with E-state index in [2.05, 4.69) is 0 Å². The second-order valence-corrected chi connectivity index (χ2v) is 4.10. The number of hydrogen-bond donors (Lipinski definition) is 0. The molecule has 1 aromatic carbocycles. The fourth-order valence-corrected chi connectivity index (χ4v) is 1.51. The summed E-state index contributed by atoms with van der Waals surface area (Å²) in [7, 11) is 1.58. The van der Waals surface area contributed by atoms with Crippen molar-refractivity contribution in [1.82, 2.24) is 0 Å². The van der Waals surface area contributed by atoms with E-state index in [4.69, 9.17) is 21.1 Å². The minimum atomic E-state index is -0.138. The summed E-state index contributed by atoms with van der Waals surface area (Å²) < 4.78 is 10.8. The van der Waals surface area contributed by atoms with Crippen molar-refractivity contribution in [3.05, 3.63) is 23.8 Å². The Bertz CT molecular complexity index is 366. The first-order valence-corrected chi connectivity index (χ1v) is 6.08. The van der Waals surface area contributed by atoms with Gasteiger partial charge < -0.3 is 14.3 Å². The molecule has 1 atom stereocenters. The molecule has 17 heavy (non-hydrogen) atoms. The van der Waals surface area contributed by atoms with Crippen LogP contribution in [0.4, 0.5) is 0 Å². The summed E-state index contributed by atoms with van der Waals surface area (Å²) in [6.45, 7) is 2.40. The van der Waals surface area contributed by atoms with Crippen molar-refractivity contribution in [1.29, 1.82) is 0 Å². The van der Waals surface area contributed by atoms with Crippen molar-refractivity contribution in [2.75, 3.05) is 19.6 Å². The summed E-state index contributed by atoms with van der Waals surface area (Å²) in [5.41, 5.74) is 0.918. The SMILES string of the molecule is COc1cc(C(C)C=O)ccc1OCCCCl. The monoisotopic (exact) mass is 256 g/mol.